The molecule has 26 heavy (non-hydrogen) atoms. The van der Waals surface area contributed by atoms with Gasteiger partial charge in [-0.25, -0.2) is 9.78 Å². The van der Waals surface area contributed by atoms with Gasteiger partial charge in [0.05, 0.1) is 6.04 Å². The van der Waals surface area contributed by atoms with E-state index in [0.29, 0.717) is 5.82 Å². The minimum atomic E-state index is -0.588. The van der Waals surface area contributed by atoms with Gasteiger partial charge in [0.15, 0.2) is 0 Å². The van der Waals surface area contributed by atoms with Crippen molar-refractivity contribution in [2.24, 2.45) is 0 Å². The second-order valence-corrected chi connectivity index (χ2v) is 8.08. The smallest absolute Gasteiger partial charge is 0.416 e. The summed E-state index contributed by atoms with van der Waals surface area (Å²) in [5, 5.41) is 0. The molecule has 1 aromatic rings. The lowest BCUT2D eigenvalue weighted by Crippen LogP contribution is -2.43. The number of piperidine rings is 1. The van der Waals surface area contributed by atoms with Crippen molar-refractivity contribution >= 4 is 17.8 Å². The largest absolute Gasteiger partial charge is 0.443 e. The number of carbonyl (C=O) groups is 2. The van der Waals surface area contributed by atoms with E-state index in [4.69, 9.17) is 4.74 Å². The molecule has 0 aliphatic carbocycles. The summed E-state index contributed by atoms with van der Waals surface area (Å²) >= 11 is 0. The third-order valence-electron chi connectivity index (χ3n) is 4.42. The van der Waals surface area contributed by atoms with Crippen LogP contribution < -0.4 is 4.90 Å². The molecule has 1 unspecified atom stereocenters. The summed E-state index contributed by atoms with van der Waals surface area (Å²) < 4.78 is 5.60. The average molecular weight is 361 g/mol. The summed E-state index contributed by atoms with van der Waals surface area (Å²) in [7, 11) is 0. The number of ether oxygens (including phenoxy) is 1. The van der Waals surface area contributed by atoms with Crippen LogP contribution in [0.4, 0.5) is 10.6 Å². The highest BCUT2D eigenvalue weighted by atomic mass is 16.6. The van der Waals surface area contributed by atoms with E-state index in [0.717, 1.165) is 31.4 Å². The highest BCUT2D eigenvalue weighted by Gasteiger charge is 2.33. The minimum absolute atomic E-state index is 0.0536. The summed E-state index contributed by atoms with van der Waals surface area (Å²) in [6, 6.07) is 3.65. The zero-order valence-electron chi connectivity index (χ0n) is 16.8. The van der Waals surface area contributed by atoms with Crippen LogP contribution in [0.2, 0.25) is 0 Å². The lowest BCUT2D eigenvalue weighted by molar-refractivity contribution is -0.132. The van der Waals surface area contributed by atoms with E-state index in [1.165, 1.54) is 0 Å². The zero-order valence-corrected chi connectivity index (χ0v) is 16.8. The lowest BCUT2D eigenvalue weighted by atomic mass is 9.95. The molecule has 0 saturated carbocycles. The number of anilines is 1. The molecule has 1 fully saturated rings. The average Bonchev–Trinajstić information content (AvgIpc) is 2.53. The minimum Gasteiger partial charge on any atom is -0.443 e. The van der Waals surface area contributed by atoms with Crippen molar-refractivity contribution in [3.63, 3.8) is 0 Å². The van der Waals surface area contributed by atoms with E-state index in [1.807, 2.05) is 51.7 Å². The Bertz CT molecular complexity index is 652. The zero-order chi connectivity index (χ0) is 19.5. The van der Waals surface area contributed by atoms with E-state index in [-0.39, 0.29) is 18.0 Å². The molecule has 0 N–H and O–H groups in total. The molecular formula is C20H31N3O3. The van der Waals surface area contributed by atoms with Crippen LogP contribution in [0, 0.1) is 0 Å². The number of hydrogen-bond donors (Lipinski definition) is 0. The third kappa shape index (κ3) is 4.74. The van der Waals surface area contributed by atoms with E-state index in [1.54, 1.807) is 18.0 Å². The quantitative estimate of drug-likeness (QED) is 0.805. The summed E-state index contributed by atoms with van der Waals surface area (Å²) in [6.07, 6.45) is 4.19. The van der Waals surface area contributed by atoms with Gasteiger partial charge in [-0.3, -0.25) is 9.69 Å². The predicted molar refractivity (Wildman–Crippen MR) is 102 cm³/mol. The Kier molecular flexibility index (Phi) is 6.26. The van der Waals surface area contributed by atoms with Gasteiger partial charge in [0.2, 0.25) is 5.91 Å². The topological polar surface area (TPSA) is 62.7 Å². The summed E-state index contributed by atoms with van der Waals surface area (Å²) in [4.78, 5) is 32.9. The summed E-state index contributed by atoms with van der Waals surface area (Å²) in [5.41, 5.74) is 0.317. The molecule has 2 amide bonds. The van der Waals surface area contributed by atoms with Gasteiger partial charge in [-0.15, -0.1) is 0 Å². The molecule has 1 aromatic heterocycles. The monoisotopic (exact) mass is 361 g/mol. The molecule has 6 nitrogen and oxygen atoms in total. The van der Waals surface area contributed by atoms with Crippen molar-refractivity contribution in [3.8, 4) is 0 Å². The second-order valence-electron chi connectivity index (χ2n) is 8.08. The van der Waals surface area contributed by atoms with Crippen LogP contribution in [0.5, 0.6) is 0 Å². The second kappa shape index (κ2) is 8.06. The Labute approximate surface area is 156 Å². The number of hydrogen-bond acceptors (Lipinski definition) is 4. The lowest BCUT2D eigenvalue weighted by Gasteiger charge is -2.38. The molecule has 6 heteroatoms. The van der Waals surface area contributed by atoms with Gasteiger partial charge >= 0.3 is 6.09 Å². The molecule has 0 radical (unpaired) electrons. The maximum Gasteiger partial charge on any atom is 0.416 e. The van der Waals surface area contributed by atoms with Gasteiger partial charge < -0.3 is 9.64 Å². The van der Waals surface area contributed by atoms with Gasteiger partial charge in [0.1, 0.15) is 11.4 Å². The molecule has 0 aromatic carbocycles. The predicted octanol–water partition coefficient (Wildman–Crippen LogP) is 4.31. The Hall–Kier alpha value is -2.11. The fraction of sp³-hybridized carbons (Fsp3) is 0.650. The van der Waals surface area contributed by atoms with E-state index < -0.39 is 11.7 Å². The molecule has 144 valence electrons. The van der Waals surface area contributed by atoms with Crippen LogP contribution >= 0.6 is 0 Å². The van der Waals surface area contributed by atoms with Crippen molar-refractivity contribution in [2.45, 2.75) is 78.5 Å². The highest BCUT2D eigenvalue weighted by molar-refractivity contribution is 5.88. The normalized spacial score (nSPS) is 18.0. The summed E-state index contributed by atoms with van der Waals surface area (Å²) in [5.74, 6) is 0.632. The maximum absolute atomic E-state index is 12.8. The Morgan fingerprint density at radius 1 is 1.31 bits per heavy atom. The Morgan fingerprint density at radius 3 is 2.58 bits per heavy atom. The van der Waals surface area contributed by atoms with Gasteiger partial charge in [-0.05, 0) is 59.9 Å². The molecule has 0 bridgehead atoms. The summed E-state index contributed by atoms with van der Waals surface area (Å²) in [6.45, 7) is 11.8. The van der Waals surface area contributed by atoms with Crippen molar-refractivity contribution in [2.75, 3.05) is 11.4 Å². The number of nitrogens with zero attached hydrogens (tertiary/aromatic N) is 3. The van der Waals surface area contributed by atoms with Crippen LogP contribution in [0.1, 0.15) is 72.4 Å². The number of carbonyl (C=O) groups excluding carboxylic acids is 2. The van der Waals surface area contributed by atoms with Crippen LogP contribution in [-0.2, 0) is 9.53 Å². The molecule has 1 aliphatic rings. The van der Waals surface area contributed by atoms with Crippen molar-refractivity contribution in [1.82, 2.24) is 9.88 Å². The molecule has 2 heterocycles. The molecule has 1 aliphatic heterocycles. The fourth-order valence-corrected chi connectivity index (χ4v) is 3.36. The number of amides is 2. The van der Waals surface area contributed by atoms with Crippen molar-refractivity contribution in [3.05, 3.63) is 23.9 Å². The Morgan fingerprint density at radius 2 is 2.00 bits per heavy atom. The first-order valence-electron chi connectivity index (χ1n) is 9.36. The SMILES string of the molecule is CC(=O)N1CCCCC1c1cccnc1N(C(=O)OC(C)(C)C)C(C)C. The first-order chi connectivity index (χ1) is 12.1. The first kappa shape index (κ1) is 20.2. The maximum atomic E-state index is 12.8. The first-order valence-corrected chi connectivity index (χ1v) is 9.36. The molecule has 2 rings (SSSR count). The molecule has 0 spiro atoms. The van der Waals surface area contributed by atoms with Gasteiger partial charge in [-0.1, -0.05) is 6.07 Å². The number of pyridine rings is 1. The van der Waals surface area contributed by atoms with Crippen LogP contribution in [-0.4, -0.2) is 40.1 Å². The van der Waals surface area contributed by atoms with Gasteiger partial charge in [-0.2, -0.15) is 0 Å². The molecule has 1 atom stereocenters. The van der Waals surface area contributed by atoms with Gasteiger partial charge in [0.25, 0.3) is 0 Å². The van der Waals surface area contributed by atoms with Crippen LogP contribution in [0.3, 0.4) is 0 Å². The van der Waals surface area contributed by atoms with E-state index in [9.17, 15) is 9.59 Å². The number of likely N-dealkylation sites (tertiary alicyclic amines) is 1. The molecular weight excluding hydrogens is 330 g/mol. The van der Waals surface area contributed by atoms with E-state index in [2.05, 4.69) is 4.98 Å². The van der Waals surface area contributed by atoms with E-state index >= 15 is 0 Å². The van der Waals surface area contributed by atoms with Crippen LogP contribution in [0.15, 0.2) is 18.3 Å². The number of aromatic nitrogens is 1. The third-order valence-corrected chi connectivity index (χ3v) is 4.42. The standard InChI is InChI=1S/C20H31N3O3/c1-14(2)23(19(25)26-20(4,5)6)18-16(10-9-12-21-18)17-11-7-8-13-22(17)15(3)24/h9-10,12,14,17H,7-8,11,13H2,1-6H3. The fourth-order valence-electron chi connectivity index (χ4n) is 3.36. The highest BCUT2D eigenvalue weighted by Crippen LogP contribution is 2.36. The van der Waals surface area contributed by atoms with Crippen molar-refractivity contribution < 1.29 is 14.3 Å². The van der Waals surface area contributed by atoms with Crippen LogP contribution in [0.25, 0.3) is 0 Å². The Balaban J connectivity index is 2.45. The number of rotatable bonds is 3. The van der Waals surface area contributed by atoms with Gasteiger partial charge in [0, 0.05) is 31.3 Å². The van der Waals surface area contributed by atoms with Crippen molar-refractivity contribution in [1.29, 1.82) is 0 Å². The molecule has 1 saturated heterocycles.